The molecule has 4 nitrogen and oxygen atoms in total. The van der Waals surface area contributed by atoms with E-state index < -0.39 is 0 Å². The molecule has 31 heavy (non-hydrogen) atoms. The summed E-state index contributed by atoms with van der Waals surface area (Å²) in [5, 5.41) is 7.04. The van der Waals surface area contributed by atoms with Gasteiger partial charge in [-0.1, -0.05) is 52.3 Å². The van der Waals surface area contributed by atoms with E-state index >= 15 is 0 Å². The van der Waals surface area contributed by atoms with E-state index in [-0.39, 0.29) is 6.04 Å². The van der Waals surface area contributed by atoms with Crippen LogP contribution in [0, 0.1) is 0 Å². The van der Waals surface area contributed by atoms with Crippen LogP contribution in [0.15, 0.2) is 86.9 Å². The van der Waals surface area contributed by atoms with Crippen LogP contribution in [-0.4, -0.2) is 19.9 Å². The number of anilines is 1. The predicted molar refractivity (Wildman–Crippen MR) is 134 cm³/mol. The molecule has 3 aromatic carbocycles. The topological polar surface area (TPSA) is 34.1 Å². The van der Waals surface area contributed by atoms with Crippen LogP contribution in [0.5, 0.6) is 11.5 Å². The zero-order chi connectivity index (χ0) is 21.8. The Morgan fingerprint density at radius 3 is 2.35 bits per heavy atom. The summed E-state index contributed by atoms with van der Waals surface area (Å²) in [6.07, 6.45) is 4.87. The minimum Gasteiger partial charge on any atom is -0.496 e. The lowest BCUT2D eigenvalue weighted by molar-refractivity contribution is 0.405. The molecule has 0 aromatic heterocycles. The van der Waals surface area contributed by atoms with Gasteiger partial charge >= 0.3 is 0 Å². The third kappa shape index (κ3) is 4.70. The second-order valence-corrected chi connectivity index (χ2v) is 8.84. The maximum absolute atomic E-state index is 5.65. The monoisotopic (exact) mass is 540 g/mol. The number of hydrogen-bond acceptors (Lipinski definition) is 4. The van der Waals surface area contributed by atoms with Crippen molar-refractivity contribution in [1.29, 1.82) is 0 Å². The molecule has 0 spiro atoms. The Morgan fingerprint density at radius 1 is 0.903 bits per heavy atom. The molecule has 0 fully saturated rings. The van der Waals surface area contributed by atoms with E-state index in [0.717, 1.165) is 49.4 Å². The van der Waals surface area contributed by atoms with Crippen molar-refractivity contribution in [2.24, 2.45) is 5.10 Å². The Balaban J connectivity index is 1.73. The summed E-state index contributed by atoms with van der Waals surface area (Å²) in [6, 6.07) is 22.2. The van der Waals surface area contributed by atoms with E-state index in [4.69, 9.17) is 14.6 Å². The molecule has 0 N–H and O–H groups in total. The van der Waals surface area contributed by atoms with Crippen LogP contribution in [0.3, 0.4) is 0 Å². The van der Waals surface area contributed by atoms with Gasteiger partial charge in [0.2, 0.25) is 0 Å². The first-order valence-corrected chi connectivity index (χ1v) is 11.4. The van der Waals surface area contributed by atoms with Crippen LogP contribution < -0.4 is 14.5 Å². The van der Waals surface area contributed by atoms with E-state index in [1.165, 1.54) is 0 Å². The van der Waals surface area contributed by atoms with Crippen molar-refractivity contribution in [2.75, 3.05) is 19.2 Å². The first-order chi connectivity index (χ1) is 15.1. The van der Waals surface area contributed by atoms with Gasteiger partial charge in [-0.3, -0.25) is 5.01 Å². The second kappa shape index (κ2) is 9.71. The summed E-state index contributed by atoms with van der Waals surface area (Å²) < 4.78 is 13.1. The van der Waals surface area contributed by atoms with Gasteiger partial charge in [-0.05, 0) is 58.4 Å². The fourth-order valence-corrected chi connectivity index (χ4v) is 4.93. The van der Waals surface area contributed by atoms with Gasteiger partial charge in [-0.15, -0.1) is 0 Å². The van der Waals surface area contributed by atoms with Crippen molar-refractivity contribution in [1.82, 2.24) is 0 Å². The van der Waals surface area contributed by atoms with Crippen LogP contribution in [0.25, 0.3) is 6.08 Å². The zero-order valence-corrected chi connectivity index (χ0v) is 20.4. The summed E-state index contributed by atoms with van der Waals surface area (Å²) in [6.45, 7) is 0. The van der Waals surface area contributed by atoms with E-state index in [1.807, 2.05) is 54.6 Å². The standard InChI is InChI=1S/C25H22Br2N2O2/c1-30-24-9-5-3-7-17(24)11-13-19-16-23(20-8-4-6-10-25(20)31-2)29(28-19)22-14-12-18(26)15-21(22)27/h3-15,23H,16H2,1-2H3/b13-11-/t23-/m0/s1. The largest absolute Gasteiger partial charge is 0.496 e. The normalized spacial score (nSPS) is 15.9. The summed E-state index contributed by atoms with van der Waals surface area (Å²) >= 11 is 7.24. The van der Waals surface area contributed by atoms with Crippen molar-refractivity contribution < 1.29 is 9.47 Å². The predicted octanol–water partition coefficient (Wildman–Crippen LogP) is 7.25. The highest BCUT2D eigenvalue weighted by atomic mass is 79.9. The quantitative estimate of drug-likeness (QED) is 0.329. The molecule has 3 aromatic rings. The molecule has 0 saturated carbocycles. The number of halogens is 2. The molecule has 0 radical (unpaired) electrons. The fourth-order valence-electron chi connectivity index (χ4n) is 3.70. The molecule has 1 atom stereocenters. The molecule has 0 bridgehead atoms. The fraction of sp³-hybridized carbons (Fsp3) is 0.160. The van der Waals surface area contributed by atoms with E-state index in [0.29, 0.717) is 0 Å². The van der Waals surface area contributed by atoms with Gasteiger partial charge in [-0.25, -0.2) is 0 Å². The molecule has 158 valence electrons. The minimum absolute atomic E-state index is 0.0194. The number of hydrazone groups is 1. The lowest BCUT2D eigenvalue weighted by atomic mass is 9.99. The lowest BCUT2D eigenvalue weighted by Crippen LogP contribution is -2.19. The first-order valence-electron chi connectivity index (χ1n) is 9.86. The maximum atomic E-state index is 5.65. The Labute approximate surface area is 199 Å². The van der Waals surface area contributed by atoms with Gasteiger partial charge in [-0.2, -0.15) is 5.10 Å². The summed E-state index contributed by atoms with van der Waals surface area (Å²) in [5.41, 5.74) is 4.10. The number of benzene rings is 3. The Kier molecular flexibility index (Phi) is 6.78. The van der Waals surface area contributed by atoms with Gasteiger partial charge in [0.25, 0.3) is 0 Å². The third-order valence-electron chi connectivity index (χ3n) is 5.18. The number of ether oxygens (including phenoxy) is 2. The van der Waals surface area contributed by atoms with E-state index in [1.54, 1.807) is 14.2 Å². The van der Waals surface area contributed by atoms with Crippen LogP contribution in [0.4, 0.5) is 5.69 Å². The van der Waals surface area contributed by atoms with Crippen molar-refractivity contribution in [3.05, 3.63) is 92.9 Å². The van der Waals surface area contributed by atoms with Crippen molar-refractivity contribution >= 4 is 49.3 Å². The van der Waals surface area contributed by atoms with Gasteiger partial charge in [0.1, 0.15) is 11.5 Å². The smallest absolute Gasteiger partial charge is 0.126 e. The van der Waals surface area contributed by atoms with E-state index in [9.17, 15) is 0 Å². The Hall–Kier alpha value is -2.57. The number of nitrogens with zero attached hydrogens (tertiary/aromatic N) is 2. The summed E-state index contributed by atoms with van der Waals surface area (Å²) in [7, 11) is 3.39. The number of para-hydroxylation sites is 2. The molecule has 6 heteroatoms. The van der Waals surface area contributed by atoms with Gasteiger partial charge in [0.15, 0.2) is 0 Å². The summed E-state index contributed by atoms with van der Waals surface area (Å²) in [4.78, 5) is 0. The molecule has 0 aliphatic carbocycles. The molecule has 4 rings (SSSR count). The van der Waals surface area contributed by atoms with Crippen molar-refractivity contribution in [3.63, 3.8) is 0 Å². The lowest BCUT2D eigenvalue weighted by Gasteiger charge is -2.26. The third-order valence-corrected chi connectivity index (χ3v) is 6.31. The number of hydrogen-bond donors (Lipinski definition) is 0. The first kappa shape index (κ1) is 21.7. The highest BCUT2D eigenvalue weighted by Gasteiger charge is 2.31. The number of allylic oxidation sites excluding steroid dienone is 1. The van der Waals surface area contributed by atoms with Crippen LogP contribution in [0.2, 0.25) is 0 Å². The number of rotatable bonds is 6. The Bertz CT molecular complexity index is 1140. The number of methoxy groups -OCH3 is 2. The molecule has 1 heterocycles. The Morgan fingerprint density at radius 2 is 1.61 bits per heavy atom. The molecule has 1 aliphatic heterocycles. The SMILES string of the molecule is COc1ccccc1/C=C\C1=NN(c2ccc(Br)cc2Br)[C@H](c2ccccc2OC)C1. The van der Waals surface area contributed by atoms with Crippen molar-refractivity contribution in [3.8, 4) is 11.5 Å². The molecule has 0 unspecified atom stereocenters. The van der Waals surface area contributed by atoms with Crippen LogP contribution in [0.1, 0.15) is 23.6 Å². The molecule has 1 aliphatic rings. The molecule has 0 amide bonds. The highest BCUT2D eigenvalue weighted by molar-refractivity contribution is 9.11. The van der Waals surface area contributed by atoms with Crippen LogP contribution in [-0.2, 0) is 0 Å². The minimum atomic E-state index is 0.0194. The highest BCUT2D eigenvalue weighted by Crippen LogP contribution is 2.42. The average molecular weight is 542 g/mol. The van der Waals surface area contributed by atoms with E-state index in [2.05, 4.69) is 61.2 Å². The zero-order valence-electron chi connectivity index (χ0n) is 17.3. The van der Waals surface area contributed by atoms with Gasteiger partial charge < -0.3 is 9.47 Å². The van der Waals surface area contributed by atoms with Crippen molar-refractivity contribution in [2.45, 2.75) is 12.5 Å². The second-order valence-electron chi connectivity index (χ2n) is 7.07. The molecular formula is C25H22Br2N2O2. The maximum Gasteiger partial charge on any atom is 0.126 e. The average Bonchev–Trinajstić information content (AvgIpc) is 3.21. The van der Waals surface area contributed by atoms with Crippen LogP contribution >= 0.6 is 31.9 Å². The summed E-state index contributed by atoms with van der Waals surface area (Å²) in [5.74, 6) is 1.70. The molecular weight excluding hydrogens is 520 g/mol. The van der Waals surface area contributed by atoms with Gasteiger partial charge in [0.05, 0.1) is 31.7 Å². The molecule has 0 saturated heterocycles. The van der Waals surface area contributed by atoms with Gasteiger partial charge in [0, 0.05) is 26.5 Å².